The fourth-order valence-electron chi connectivity index (χ4n) is 3.34. The third kappa shape index (κ3) is 5.15. The Morgan fingerprint density at radius 1 is 1.38 bits per heavy atom. The second-order valence-electron chi connectivity index (χ2n) is 7.23. The van der Waals surface area contributed by atoms with Crippen molar-refractivity contribution >= 4 is 0 Å². The van der Waals surface area contributed by atoms with Gasteiger partial charge < -0.3 is 9.73 Å². The van der Waals surface area contributed by atoms with Gasteiger partial charge in [0.2, 0.25) is 0 Å². The summed E-state index contributed by atoms with van der Waals surface area (Å²) in [4.78, 5) is 2.52. The van der Waals surface area contributed by atoms with Crippen LogP contribution in [0.15, 0.2) is 16.7 Å². The number of furan rings is 1. The Morgan fingerprint density at radius 3 is 2.90 bits per heavy atom. The average molecular weight is 292 g/mol. The lowest BCUT2D eigenvalue weighted by molar-refractivity contribution is 0.157. The standard InChI is InChI=1S/C18H32N2O/c1-14(2)11-19-12-18-16(8-9-21-18)13-20(4)17-7-5-6-15(3)10-17/h8-9,14-15,17,19H,5-7,10-13H2,1-4H3. The topological polar surface area (TPSA) is 28.4 Å². The highest BCUT2D eigenvalue weighted by Crippen LogP contribution is 2.27. The van der Waals surface area contributed by atoms with Crippen LogP contribution in [-0.2, 0) is 13.1 Å². The van der Waals surface area contributed by atoms with Gasteiger partial charge in [0.25, 0.3) is 0 Å². The molecule has 1 heterocycles. The molecule has 1 aromatic heterocycles. The minimum atomic E-state index is 0.676. The Kier molecular flexibility index (Phi) is 6.31. The molecule has 0 bridgehead atoms. The molecule has 1 saturated carbocycles. The lowest BCUT2D eigenvalue weighted by Crippen LogP contribution is -2.35. The summed E-state index contributed by atoms with van der Waals surface area (Å²) >= 11 is 0. The van der Waals surface area contributed by atoms with Crippen LogP contribution in [-0.4, -0.2) is 24.5 Å². The summed E-state index contributed by atoms with van der Waals surface area (Å²) in [5.41, 5.74) is 1.34. The van der Waals surface area contributed by atoms with Gasteiger partial charge in [-0.25, -0.2) is 0 Å². The van der Waals surface area contributed by atoms with E-state index in [4.69, 9.17) is 4.42 Å². The zero-order valence-corrected chi connectivity index (χ0v) is 14.2. The monoisotopic (exact) mass is 292 g/mol. The van der Waals surface area contributed by atoms with E-state index in [9.17, 15) is 0 Å². The summed E-state index contributed by atoms with van der Waals surface area (Å²) in [7, 11) is 2.26. The molecule has 3 heteroatoms. The van der Waals surface area contributed by atoms with Gasteiger partial charge >= 0.3 is 0 Å². The molecule has 1 aliphatic rings. The molecule has 1 N–H and O–H groups in total. The van der Waals surface area contributed by atoms with E-state index in [-0.39, 0.29) is 0 Å². The first-order valence-corrected chi connectivity index (χ1v) is 8.52. The molecule has 2 rings (SSSR count). The molecular formula is C18H32N2O. The molecule has 0 saturated heterocycles. The molecule has 2 unspecified atom stereocenters. The van der Waals surface area contributed by atoms with Crippen LogP contribution in [0, 0.1) is 11.8 Å². The maximum atomic E-state index is 5.67. The normalized spacial score (nSPS) is 23.1. The van der Waals surface area contributed by atoms with Crippen LogP contribution in [0.25, 0.3) is 0 Å². The molecule has 1 aromatic rings. The van der Waals surface area contributed by atoms with Crippen LogP contribution in [0.3, 0.4) is 0 Å². The van der Waals surface area contributed by atoms with E-state index >= 15 is 0 Å². The predicted molar refractivity (Wildman–Crippen MR) is 88.1 cm³/mol. The summed E-state index contributed by atoms with van der Waals surface area (Å²) < 4.78 is 5.67. The summed E-state index contributed by atoms with van der Waals surface area (Å²) in [6, 6.07) is 2.87. The molecule has 0 aliphatic heterocycles. The minimum Gasteiger partial charge on any atom is -0.468 e. The van der Waals surface area contributed by atoms with Gasteiger partial charge in [0, 0.05) is 18.2 Å². The van der Waals surface area contributed by atoms with Crippen LogP contribution in [0.5, 0.6) is 0 Å². The van der Waals surface area contributed by atoms with Crippen molar-refractivity contribution in [2.45, 2.75) is 65.6 Å². The Bertz CT molecular complexity index is 413. The highest BCUT2D eigenvalue weighted by atomic mass is 16.3. The van der Waals surface area contributed by atoms with Crippen molar-refractivity contribution in [1.82, 2.24) is 10.2 Å². The van der Waals surface area contributed by atoms with E-state index in [0.717, 1.165) is 37.4 Å². The predicted octanol–water partition coefficient (Wildman–Crippen LogP) is 4.04. The average Bonchev–Trinajstić information content (AvgIpc) is 2.86. The van der Waals surface area contributed by atoms with Crippen LogP contribution >= 0.6 is 0 Å². The molecule has 3 nitrogen and oxygen atoms in total. The third-order valence-corrected chi connectivity index (χ3v) is 4.63. The van der Waals surface area contributed by atoms with Crippen molar-refractivity contribution in [2.75, 3.05) is 13.6 Å². The molecular weight excluding hydrogens is 260 g/mol. The molecule has 0 radical (unpaired) electrons. The third-order valence-electron chi connectivity index (χ3n) is 4.63. The summed E-state index contributed by atoms with van der Waals surface area (Å²) in [6.45, 7) is 9.74. The lowest BCUT2D eigenvalue weighted by atomic mass is 9.86. The molecule has 0 aromatic carbocycles. The van der Waals surface area contributed by atoms with E-state index in [1.54, 1.807) is 0 Å². The van der Waals surface area contributed by atoms with Crippen molar-refractivity contribution < 1.29 is 4.42 Å². The summed E-state index contributed by atoms with van der Waals surface area (Å²) in [5, 5.41) is 3.48. The van der Waals surface area contributed by atoms with Crippen molar-refractivity contribution in [1.29, 1.82) is 0 Å². The maximum absolute atomic E-state index is 5.67. The number of hydrogen-bond donors (Lipinski definition) is 1. The van der Waals surface area contributed by atoms with E-state index < -0.39 is 0 Å². The molecule has 2 atom stereocenters. The number of rotatable bonds is 7. The van der Waals surface area contributed by atoms with Gasteiger partial charge in [0.1, 0.15) is 5.76 Å². The van der Waals surface area contributed by atoms with Gasteiger partial charge in [-0.3, -0.25) is 4.90 Å². The Balaban J connectivity index is 1.85. The van der Waals surface area contributed by atoms with Crippen LogP contribution < -0.4 is 5.32 Å². The van der Waals surface area contributed by atoms with Gasteiger partial charge in [-0.2, -0.15) is 0 Å². The number of hydrogen-bond acceptors (Lipinski definition) is 3. The molecule has 0 amide bonds. The van der Waals surface area contributed by atoms with Gasteiger partial charge in [-0.1, -0.05) is 33.6 Å². The zero-order valence-electron chi connectivity index (χ0n) is 14.2. The first-order valence-electron chi connectivity index (χ1n) is 8.52. The van der Waals surface area contributed by atoms with Gasteiger partial charge in [0.05, 0.1) is 12.8 Å². The number of nitrogens with one attached hydrogen (secondary N) is 1. The quantitative estimate of drug-likeness (QED) is 0.822. The molecule has 120 valence electrons. The smallest absolute Gasteiger partial charge is 0.122 e. The fraction of sp³-hybridized carbons (Fsp3) is 0.778. The van der Waals surface area contributed by atoms with Gasteiger partial charge in [-0.05, 0) is 44.3 Å². The van der Waals surface area contributed by atoms with Crippen molar-refractivity contribution in [3.05, 3.63) is 23.7 Å². The minimum absolute atomic E-state index is 0.676. The Labute approximate surface area is 130 Å². The Morgan fingerprint density at radius 2 is 2.19 bits per heavy atom. The molecule has 0 spiro atoms. The van der Waals surface area contributed by atoms with Crippen LogP contribution in [0.1, 0.15) is 57.8 Å². The first-order chi connectivity index (χ1) is 10.1. The number of nitrogens with zero attached hydrogens (tertiary/aromatic N) is 1. The highest BCUT2D eigenvalue weighted by molar-refractivity contribution is 5.17. The first kappa shape index (κ1) is 16.6. The van der Waals surface area contributed by atoms with E-state index in [2.05, 4.69) is 44.1 Å². The molecule has 1 aliphatic carbocycles. The Hall–Kier alpha value is -0.800. The second kappa shape index (κ2) is 8.00. The SMILES string of the molecule is CC(C)CNCc1occc1CN(C)C1CCCC(C)C1. The highest BCUT2D eigenvalue weighted by Gasteiger charge is 2.23. The molecule has 21 heavy (non-hydrogen) atoms. The largest absolute Gasteiger partial charge is 0.468 e. The lowest BCUT2D eigenvalue weighted by Gasteiger charge is -2.34. The summed E-state index contributed by atoms with van der Waals surface area (Å²) in [6.07, 6.45) is 7.30. The maximum Gasteiger partial charge on any atom is 0.122 e. The van der Waals surface area contributed by atoms with E-state index in [0.29, 0.717) is 5.92 Å². The van der Waals surface area contributed by atoms with Crippen LogP contribution in [0.2, 0.25) is 0 Å². The fourth-order valence-corrected chi connectivity index (χ4v) is 3.34. The van der Waals surface area contributed by atoms with Crippen molar-refractivity contribution in [2.24, 2.45) is 11.8 Å². The van der Waals surface area contributed by atoms with Crippen molar-refractivity contribution in [3.63, 3.8) is 0 Å². The zero-order chi connectivity index (χ0) is 15.2. The van der Waals surface area contributed by atoms with Gasteiger partial charge in [-0.15, -0.1) is 0 Å². The molecule has 1 fully saturated rings. The van der Waals surface area contributed by atoms with Gasteiger partial charge in [0.15, 0.2) is 0 Å². The summed E-state index contributed by atoms with van der Waals surface area (Å²) in [5.74, 6) is 2.66. The van der Waals surface area contributed by atoms with Crippen molar-refractivity contribution in [3.8, 4) is 0 Å². The van der Waals surface area contributed by atoms with Crippen LogP contribution in [0.4, 0.5) is 0 Å². The van der Waals surface area contributed by atoms with E-state index in [1.165, 1.54) is 31.2 Å². The second-order valence-corrected chi connectivity index (χ2v) is 7.23. The van der Waals surface area contributed by atoms with E-state index in [1.807, 2.05) is 6.26 Å².